The summed E-state index contributed by atoms with van der Waals surface area (Å²) in [6.07, 6.45) is -3.24. The van der Waals surface area contributed by atoms with Crippen LogP contribution in [0.4, 0.5) is 4.79 Å². The van der Waals surface area contributed by atoms with Crippen molar-refractivity contribution in [3.05, 3.63) is 40.5 Å². The normalized spacial score (nSPS) is 28.1. The van der Waals surface area contributed by atoms with Gasteiger partial charge in [-0.15, -0.1) is 40.5 Å². The molecular weight excluding hydrogens is 1050 g/mol. The molecule has 0 saturated carbocycles. The van der Waals surface area contributed by atoms with Gasteiger partial charge in [-0.3, -0.25) is 14.4 Å². The van der Waals surface area contributed by atoms with Crippen molar-refractivity contribution >= 4 is 24.1 Å². The Morgan fingerprint density at radius 3 is 1.34 bits per heavy atom. The summed E-state index contributed by atoms with van der Waals surface area (Å²) >= 11 is 0. The lowest BCUT2D eigenvalue weighted by atomic mass is 10.1. The van der Waals surface area contributed by atoms with E-state index in [0.29, 0.717) is 38.0 Å². The lowest BCUT2D eigenvalue weighted by molar-refractivity contribution is -0.790. The van der Waals surface area contributed by atoms with E-state index < -0.39 is 131 Å². The molecule has 77 heavy (non-hydrogen) atoms. The summed E-state index contributed by atoms with van der Waals surface area (Å²) in [7, 11) is 0. The lowest BCUT2D eigenvalue weighted by Crippen LogP contribution is -2.36. The van der Waals surface area contributed by atoms with E-state index in [1.165, 1.54) is 0 Å². The number of unbranched alkanes of at least 4 members (excludes halogenated alkanes) is 3. The van der Waals surface area contributed by atoms with Crippen molar-refractivity contribution in [2.24, 2.45) is 5.92 Å². The molecule has 2 N–H and O–H groups in total. The summed E-state index contributed by atoms with van der Waals surface area (Å²) in [4.78, 5) is 105. The summed E-state index contributed by atoms with van der Waals surface area (Å²) in [6, 6.07) is 0. The summed E-state index contributed by atoms with van der Waals surface area (Å²) in [6.45, 7) is 6.43. The smallest absolute Gasteiger partial charge is 0.457 e. The Morgan fingerprint density at radius 1 is 0.481 bits per heavy atom. The molecule has 0 radical (unpaired) electrons. The van der Waals surface area contributed by atoms with Crippen LogP contribution in [0.15, 0.2) is 0 Å². The van der Waals surface area contributed by atoms with Crippen molar-refractivity contribution in [3.63, 3.8) is 0 Å². The van der Waals surface area contributed by atoms with Gasteiger partial charge >= 0.3 is 24.1 Å². The molecule has 6 aliphatic rings. The number of esters is 3. The SMILES string of the molecule is CC(C)CCCC(=O)O[C@@H]1CO[C@H]2[C@@H]1OC[C@H]2OC(=O)CCCC(C)O[N+](=O)[O-].O=C(CCCC(CO[N+](=O)[O-])O[N+](=O)[O-])O[C@H]1CO[C@H]2[C@@H]1OC[C@@H]2O.O=C(OCCCCCCO[N+](=O)[O-])O[C@@H]1CO[C@H]2[C@@H]1OC[C@H]2O. The fraction of sp³-hybridized carbons (Fsp3) is 0.909. The standard InChI is InChI=1S/C19H31NO9.C13H21NO9.C12H18N2O11/c1-12(2)6-4-8-16(21)27-14-10-25-19-15(11-26-18(14)19)28-17(22)9-5-7-13(3)29-20(23)24;15-9-7-20-12-10(8-21-11(9)12)23-13(16)19-5-3-1-2-4-6-22-14(17)18;15-8-5-21-12-9(6-22-11(8)12)24-10(16)3-1-2-7(25-14(19)20)4-23-13(17)18/h12-15,18-19H,4-11H2,1-3H3;9-12,15H,1-8H2;7-9,11-12,15H,1-6H2/t13?,14-,15-,18-,19-;9-,10-,11-,12-;7?,8-,9-,11+,12+/m110/s1. The fourth-order valence-electron chi connectivity index (χ4n) is 8.71. The first kappa shape index (κ1) is 63.7. The van der Waals surface area contributed by atoms with Crippen LogP contribution in [-0.4, -0.2) is 200 Å². The third-order valence-corrected chi connectivity index (χ3v) is 12.4. The van der Waals surface area contributed by atoms with Gasteiger partial charge in [-0.2, -0.15) is 0 Å². The van der Waals surface area contributed by atoms with Crippen molar-refractivity contribution in [3.8, 4) is 0 Å². The molecular formula is C44H70N4O29. The van der Waals surface area contributed by atoms with Crippen LogP contribution in [0.3, 0.4) is 0 Å². The highest BCUT2D eigenvalue weighted by atomic mass is 17.0. The van der Waals surface area contributed by atoms with E-state index >= 15 is 0 Å². The van der Waals surface area contributed by atoms with E-state index in [1.54, 1.807) is 6.92 Å². The lowest BCUT2D eigenvalue weighted by Gasteiger charge is -2.17. The highest BCUT2D eigenvalue weighted by molar-refractivity contribution is 5.70. The Kier molecular flexibility index (Phi) is 27.7. The molecule has 6 rings (SSSR count). The Labute approximate surface area is 440 Å². The van der Waals surface area contributed by atoms with Gasteiger partial charge in [0.1, 0.15) is 67.6 Å². The number of rotatable bonds is 31. The van der Waals surface area contributed by atoms with Crippen molar-refractivity contribution in [2.45, 2.75) is 190 Å². The first-order valence-electron chi connectivity index (χ1n) is 25.3. The molecule has 440 valence electrons. The average Bonchev–Trinajstić information content (AvgIpc) is 4.22. The number of carbonyl (C=O) groups excluding carboxylic acids is 4. The van der Waals surface area contributed by atoms with Crippen LogP contribution in [-0.2, 0) is 85.8 Å². The summed E-state index contributed by atoms with van der Waals surface area (Å²) in [5.41, 5.74) is 0. The number of aliphatic hydroxyl groups excluding tert-OH is 2. The van der Waals surface area contributed by atoms with Gasteiger partial charge in [0, 0.05) is 19.3 Å². The van der Waals surface area contributed by atoms with Gasteiger partial charge in [-0.25, -0.2) is 4.79 Å². The van der Waals surface area contributed by atoms with Gasteiger partial charge in [0.2, 0.25) is 0 Å². The Bertz CT molecular complexity index is 1890. The fourth-order valence-corrected chi connectivity index (χ4v) is 8.71. The van der Waals surface area contributed by atoms with E-state index in [-0.39, 0.29) is 84.5 Å². The predicted octanol–water partition coefficient (Wildman–Crippen LogP) is 1.65. The first-order valence-corrected chi connectivity index (χ1v) is 25.3. The molecule has 0 bridgehead atoms. The average molecular weight is 1120 g/mol. The predicted molar refractivity (Wildman–Crippen MR) is 246 cm³/mol. The Balaban J connectivity index is 0.000000251. The molecule has 6 aliphatic heterocycles. The van der Waals surface area contributed by atoms with Crippen LogP contribution in [0.5, 0.6) is 0 Å². The molecule has 2 unspecified atom stereocenters. The minimum absolute atomic E-state index is 0.00759. The van der Waals surface area contributed by atoms with Gasteiger partial charge in [0.15, 0.2) is 24.4 Å². The summed E-state index contributed by atoms with van der Waals surface area (Å²) in [5.74, 6) is -0.728. The minimum atomic E-state index is -1.17. The maximum absolute atomic E-state index is 12.0. The van der Waals surface area contributed by atoms with E-state index in [2.05, 4.69) is 33.2 Å². The zero-order valence-electron chi connectivity index (χ0n) is 42.9. The van der Waals surface area contributed by atoms with Crippen molar-refractivity contribution in [1.82, 2.24) is 0 Å². The second kappa shape index (κ2) is 33.5. The zero-order chi connectivity index (χ0) is 56.4. The first-order chi connectivity index (χ1) is 36.7. The van der Waals surface area contributed by atoms with Crippen LogP contribution < -0.4 is 0 Å². The Morgan fingerprint density at radius 2 is 0.883 bits per heavy atom. The van der Waals surface area contributed by atoms with E-state index in [9.17, 15) is 69.8 Å². The van der Waals surface area contributed by atoms with Crippen molar-refractivity contribution in [1.29, 1.82) is 0 Å². The number of hydrogen-bond acceptors (Lipinski definition) is 29. The topological polar surface area (TPSA) is 420 Å². The third-order valence-electron chi connectivity index (χ3n) is 12.4. The number of hydrogen-bond donors (Lipinski definition) is 2. The molecule has 0 aromatic rings. The Hall–Kier alpha value is -5.84. The van der Waals surface area contributed by atoms with Crippen LogP contribution in [0.1, 0.15) is 104 Å². The minimum Gasteiger partial charge on any atom is -0.457 e. The monoisotopic (exact) mass is 1120 g/mol. The molecule has 6 saturated heterocycles. The van der Waals surface area contributed by atoms with Gasteiger partial charge < -0.3 is 81.7 Å². The largest absolute Gasteiger partial charge is 0.508 e. The molecule has 14 atom stereocenters. The molecule has 0 aliphatic carbocycles. The maximum Gasteiger partial charge on any atom is 0.508 e. The van der Waals surface area contributed by atoms with Gasteiger partial charge in [0.05, 0.1) is 52.9 Å². The molecule has 33 nitrogen and oxygen atoms in total. The molecule has 33 heteroatoms. The van der Waals surface area contributed by atoms with Crippen LogP contribution in [0, 0.1) is 46.4 Å². The van der Waals surface area contributed by atoms with Crippen molar-refractivity contribution in [2.75, 3.05) is 59.5 Å². The molecule has 6 heterocycles. The van der Waals surface area contributed by atoms with Gasteiger partial charge in [-0.05, 0) is 64.2 Å². The highest BCUT2D eigenvalue weighted by Crippen LogP contribution is 2.32. The second-order valence-electron chi connectivity index (χ2n) is 18.9. The van der Waals surface area contributed by atoms with Gasteiger partial charge in [0.25, 0.3) is 20.3 Å². The molecule has 0 amide bonds. The number of aliphatic hydroxyl groups is 2. The molecule has 0 aromatic carbocycles. The summed E-state index contributed by atoms with van der Waals surface area (Å²) < 4.78 is 58.8. The van der Waals surface area contributed by atoms with Crippen LogP contribution in [0.25, 0.3) is 0 Å². The van der Waals surface area contributed by atoms with Crippen LogP contribution >= 0.6 is 0 Å². The van der Waals surface area contributed by atoms with Gasteiger partial charge in [-0.1, -0.05) is 26.7 Å². The second-order valence-corrected chi connectivity index (χ2v) is 18.9. The van der Waals surface area contributed by atoms with Crippen LogP contribution in [0.2, 0.25) is 0 Å². The maximum atomic E-state index is 12.0. The third kappa shape index (κ3) is 23.3. The number of ether oxygens (including phenoxy) is 11. The highest BCUT2D eigenvalue weighted by Gasteiger charge is 2.52. The molecule has 0 aromatic heterocycles. The van der Waals surface area contributed by atoms with E-state index in [4.69, 9.17) is 52.1 Å². The number of nitrogens with zero attached hydrogens (tertiary/aromatic N) is 4. The summed E-state index contributed by atoms with van der Waals surface area (Å²) in [5, 5.41) is 56.0. The molecule has 6 fully saturated rings. The van der Waals surface area contributed by atoms with E-state index in [1.807, 2.05) is 0 Å². The number of fused-ring (bicyclic) bond motifs is 3. The molecule has 0 spiro atoms. The quantitative estimate of drug-likeness (QED) is 0.0327. The van der Waals surface area contributed by atoms with Crippen molar-refractivity contribution < 1.29 is 121 Å². The van der Waals surface area contributed by atoms with E-state index in [0.717, 1.165) is 25.7 Å². The zero-order valence-corrected chi connectivity index (χ0v) is 42.9. The number of carbonyl (C=O) groups is 4.